The predicted octanol–water partition coefficient (Wildman–Crippen LogP) is 5.73. The highest BCUT2D eigenvalue weighted by molar-refractivity contribution is 7.87. The normalized spacial score (nSPS) is 15.2. The molecular formula is C30H30N4O4S. The van der Waals surface area contributed by atoms with E-state index in [9.17, 15) is 8.42 Å². The lowest BCUT2D eigenvalue weighted by Gasteiger charge is -2.19. The second-order valence-electron chi connectivity index (χ2n) is 9.40. The number of hydrogen-bond acceptors (Lipinski definition) is 8. The fourth-order valence-corrected chi connectivity index (χ4v) is 5.12. The van der Waals surface area contributed by atoms with Gasteiger partial charge in [0, 0.05) is 36.1 Å². The number of nitrogens with one attached hydrogen (secondary N) is 1. The van der Waals surface area contributed by atoms with Crippen LogP contribution < -0.4 is 14.2 Å². The molecule has 0 unspecified atom stereocenters. The highest BCUT2D eigenvalue weighted by Crippen LogP contribution is 2.29. The third kappa shape index (κ3) is 6.81. The van der Waals surface area contributed by atoms with Crippen LogP contribution in [0, 0.1) is 6.92 Å². The molecule has 2 heterocycles. The van der Waals surface area contributed by atoms with Crippen LogP contribution in [-0.4, -0.2) is 43.5 Å². The summed E-state index contributed by atoms with van der Waals surface area (Å²) in [7, 11) is -2.04. The van der Waals surface area contributed by atoms with Crippen LogP contribution in [0.15, 0.2) is 96.0 Å². The number of fused-ring (bicyclic) bond motifs is 7. The second kappa shape index (κ2) is 11.7. The Morgan fingerprint density at radius 2 is 1.85 bits per heavy atom. The van der Waals surface area contributed by atoms with Crippen LogP contribution in [0.5, 0.6) is 11.5 Å². The molecule has 5 rings (SSSR count). The van der Waals surface area contributed by atoms with Crippen molar-refractivity contribution in [3.63, 3.8) is 0 Å². The Bertz CT molecular complexity index is 1590. The molecule has 9 heteroatoms. The molecule has 1 aromatic heterocycles. The molecule has 1 aliphatic rings. The van der Waals surface area contributed by atoms with Crippen molar-refractivity contribution in [1.29, 1.82) is 0 Å². The number of anilines is 2. The molecule has 6 bridgehead atoms. The van der Waals surface area contributed by atoms with Gasteiger partial charge < -0.3 is 14.2 Å². The summed E-state index contributed by atoms with van der Waals surface area (Å²) < 4.78 is 37.7. The quantitative estimate of drug-likeness (QED) is 0.259. The van der Waals surface area contributed by atoms with Gasteiger partial charge in [-0.05, 0) is 68.9 Å². The van der Waals surface area contributed by atoms with Crippen molar-refractivity contribution in [1.82, 2.24) is 14.9 Å². The molecule has 0 spiro atoms. The maximum atomic E-state index is 13.1. The summed E-state index contributed by atoms with van der Waals surface area (Å²) >= 11 is 0. The molecule has 0 fully saturated rings. The Labute approximate surface area is 229 Å². The van der Waals surface area contributed by atoms with Gasteiger partial charge in [-0.2, -0.15) is 8.42 Å². The number of aromatic nitrogens is 2. The molecule has 0 amide bonds. The maximum Gasteiger partial charge on any atom is 0.339 e. The second-order valence-corrected chi connectivity index (χ2v) is 10.9. The van der Waals surface area contributed by atoms with Gasteiger partial charge in [0.05, 0.1) is 12.3 Å². The van der Waals surface area contributed by atoms with Gasteiger partial charge in [0.15, 0.2) is 0 Å². The minimum atomic E-state index is -4.01. The summed E-state index contributed by atoms with van der Waals surface area (Å²) in [6, 6.07) is 21.6. The van der Waals surface area contributed by atoms with Crippen molar-refractivity contribution >= 4 is 21.8 Å². The topological polar surface area (TPSA) is 93.7 Å². The Kier molecular flexibility index (Phi) is 7.90. The largest absolute Gasteiger partial charge is 0.493 e. The molecule has 4 aromatic rings. The molecule has 8 nitrogen and oxygen atoms in total. The monoisotopic (exact) mass is 542 g/mol. The zero-order valence-electron chi connectivity index (χ0n) is 21.9. The summed E-state index contributed by atoms with van der Waals surface area (Å²) in [5.41, 5.74) is 4.06. The van der Waals surface area contributed by atoms with E-state index in [1.54, 1.807) is 42.6 Å². The number of likely N-dealkylation sites (N-methyl/N-ethyl adjacent to an activating group) is 1. The molecule has 39 heavy (non-hydrogen) atoms. The van der Waals surface area contributed by atoms with Crippen molar-refractivity contribution < 1.29 is 17.3 Å². The van der Waals surface area contributed by atoms with Crippen LogP contribution in [0.1, 0.15) is 17.5 Å². The maximum absolute atomic E-state index is 13.1. The fraction of sp³-hybridized carbons (Fsp3) is 0.200. The van der Waals surface area contributed by atoms with E-state index in [-0.39, 0.29) is 10.6 Å². The van der Waals surface area contributed by atoms with Gasteiger partial charge in [-0.3, -0.25) is 4.90 Å². The average Bonchev–Trinajstić information content (AvgIpc) is 2.92. The zero-order chi connectivity index (χ0) is 27.2. The van der Waals surface area contributed by atoms with Crippen molar-refractivity contribution in [2.45, 2.75) is 24.8 Å². The van der Waals surface area contributed by atoms with E-state index in [0.717, 1.165) is 29.0 Å². The molecular weight excluding hydrogens is 512 g/mol. The first-order chi connectivity index (χ1) is 18.9. The zero-order valence-corrected chi connectivity index (χ0v) is 22.7. The lowest BCUT2D eigenvalue weighted by Crippen LogP contribution is -2.19. The van der Waals surface area contributed by atoms with Gasteiger partial charge in [0.2, 0.25) is 5.95 Å². The van der Waals surface area contributed by atoms with Gasteiger partial charge in [0.25, 0.3) is 0 Å². The van der Waals surface area contributed by atoms with Crippen LogP contribution in [0.3, 0.4) is 0 Å². The highest BCUT2D eigenvalue weighted by Gasteiger charge is 2.20. The molecule has 200 valence electrons. The van der Waals surface area contributed by atoms with E-state index in [2.05, 4.69) is 32.3 Å². The molecule has 0 atom stereocenters. The summed E-state index contributed by atoms with van der Waals surface area (Å²) in [6.45, 7) is 3.58. The molecule has 0 radical (unpaired) electrons. The Hall–Kier alpha value is -4.21. The fourth-order valence-electron chi connectivity index (χ4n) is 4.16. The van der Waals surface area contributed by atoms with Gasteiger partial charge in [0.1, 0.15) is 16.4 Å². The number of rotatable bonds is 3. The smallest absolute Gasteiger partial charge is 0.339 e. The van der Waals surface area contributed by atoms with Gasteiger partial charge in [-0.1, -0.05) is 42.0 Å². The predicted molar refractivity (Wildman–Crippen MR) is 152 cm³/mol. The molecule has 0 aliphatic carbocycles. The third-order valence-electron chi connectivity index (χ3n) is 6.19. The third-order valence-corrected chi connectivity index (χ3v) is 7.44. The number of hydrogen-bond donors (Lipinski definition) is 1. The lowest BCUT2D eigenvalue weighted by molar-refractivity contribution is 0.324. The first kappa shape index (κ1) is 26.4. The van der Waals surface area contributed by atoms with Crippen LogP contribution in [0.4, 0.5) is 11.6 Å². The molecule has 1 N–H and O–H groups in total. The number of nitrogens with zero attached hydrogens (tertiary/aromatic N) is 3. The summed E-state index contributed by atoms with van der Waals surface area (Å²) in [5.74, 6) is 1.47. The van der Waals surface area contributed by atoms with Crippen molar-refractivity contribution in [3.05, 3.63) is 102 Å². The van der Waals surface area contributed by atoms with E-state index < -0.39 is 10.1 Å². The van der Waals surface area contributed by atoms with E-state index in [0.29, 0.717) is 36.9 Å². The minimum Gasteiger partial charge on any atom is -0.493 e. The Balaban J connectivity index is 1.49. The van der Waals surface area contributed by atoms with Crippen molar-refractivity contribution in [2.75, 3.05) is 25.5 Å². The molecule has 0 saturated carbocycles. The number of ether oxygens (including phenoxy) is 1. The van der Waals surface area contributed by atoms with Crippen molar-refractivity contribution in [2.24, 2.45) is 0 Å². The molecule has 0 saturated heterocycles. The number of benzene rings is 3. The first-order valence-electron chi connectivity index (χ1n) is 12.7. The number of aryl methyl sites for hydroxylation is 1. The van der Waals surface area contributed by atoms with Crippen molar-refractivity contribution in [3.8, 4) is 22.8 Å². The summed E-state index contributed by atoms with van der Waals surface area (Å²) in [5, 5.41) is 3.25. The van der Waals surface area contributed by atoms with E-state index in [1.165, 1.54) is 0 Å². The minimum absolute atomic E-state index is 0.107. The van der Waals surface area contributed by atoms with Crippen LogP contribution >= 0.6 is 0 Å². The van der Waals surface area contributed by atoms with Gasteiger partial charge in [-0.25, -0.2) is 9.97 Å². The lowest BCUT2D eigenvalue weighted by atomic mass is 10.1. The molecule has 1 aliphatic heterocycles. The van der Waals surface area contributed by atoms with E-state index in [1.807, 2.05) is 50.4 Å². The SMILES string of the molecule is Cc1ccc(S(=O)(=O)Oc2ccc3cc2CN(C)C/C=C/CCOc2cccc(c2)-c2ccnc(n2)N3)cc1. The van der Waals surface area contributed by atoms with Crippen LogP contribution in [0.2, 0.25) is 0 Å². The average molecular weight is 543 g/mol. The van der Waals surface area contributed by atoms with Gasteiger partial charge >= 0.3 is 10.1 Å². The Morgan fingerprint density at radius 1 is 1.00 bits per heavy atom. The van der Waals surface area contributed by atoms with Gasteiger partial charge in [-0.15, -0.1) is 0 Å². The Morgan fingerprint density at radius 3 is 2.69 bits per heavy atom. The van der Waals surface area contributed by atoms with Crippen LogP contribution in [-0.2, 0) is 16.7 Å². The van der Waals surface area contributed by atoms with E-state index >= 15 is 0 Å². The summed E-state index contributed by atoms with van der Waals surface area (Å²) in [6.07, 6.45) is 6.62. The highest BCUT2D eigenvalue weighted by atomic mass is 32.2. The standard InChI is InChI=1S/C30H30N4O4S/c1-22-9-12-27(13-10-22)39(35,36)38-29-14-11-25-19-24(29)21-34(2)17-4-3-5-18-37-26-8-6-7-23(20-26)28-15-16-31-30(32-25)33-28/h3-4,6-16,19-20H,5,17-18,21H2,1-2H3,(H,31,32,33)/b4-3+. The summed E-state index contributed by atoms with van der Waals surface area (Å²) in [4.78, 5) is 11.2. The van der Waals surface area contributed by atoms with E-state index in [4.69, 9.17) is 8.92 Å². The molecule has 3 aromatic carbocycles. The van der Waals surface area contributed by atoms with Crippen LogP contribution in [0.25, 0.3) is 11.3 Å². The first-order valence-corrected chi connectivity index (χ1v) is 14.1.